The van der Waals surface area contributed by atoms with Crippen LogP contribution in [0.4, 0.5) is 10.5 Å². The van der Waals surface area contributed by atoms with Crippen LogP contribution in [0, 0.1) is 0 Å². The van der Waals surface area contributed by atoms with Crippen molar-refractivity contribution >= 4 is 23.7 Å². The first-order valence-corrected chi connectivity index (χ1v) is 4.48. The number of anilines is 1. The summed E-state index contributed by atoms with van der Waals surface area (Å²) in [5.74, 6) is -3.49. The van der Waals surface area contributed by atoms with E-state index in [0.717, 1.165) is 0 Å². The van der Waals surface area contributed by atoms with Crippen LogP contribution in [-0.4, -0.2) is 39.4 Å². The second-order valence-electron chi connectivity index (χ2n) is 3.07. The van der Waals surface area contributed by atoms with Crippen molar-refractivity contribution in [1.82, 2.24) is 0 Å². The molecule has 0 bridgehead atoms. The number of benzene rings is 1. The first-order valence-electron chi connectivity index (χ1n) is 4.48. The number of nitrogens with zero attached hydrogens (tertiary/aromatic N) is 1. The highest BCUT2D eigenvalue weighted by atomic mass is 16.4. The lowest BCUT2D eigenvalue weighted by atomic mass is 10.2. The van der Waals surface area contributed by atoms with E-state index >= 15 is 0 Å². The van der Waals surface area contributed by atoms with Gasteiger partial charge in [-0.3, -0.25) is 4.90 Å². The number of carboxylic acids is 2. The number of hydrogen-bond donors (Lipinski definition) is 3. The van der Waals surface area contributed by atoms with Crippen molar-refractivity contribution in [2.24, 2.45) is 0 Å². The van der Waals surface area contributed by atoms with Crippen molar-refractivity contribution in [2.45, 2.75) is 6.04 Å². The van der Waals surface area contributed by atoms with Gasteiger partial charge in [-0.1, -0.05) is 18.2 Å². The highest BCUT2D eigenvalue weighted by molar-refractivity contribution is 6.07. The predicted molar refractivity (Wildman–Crippen MR) is 56.0 cm³/mol. The van der Waals surface area contributed by atoms with Crippen molar-refractivity contribution in [3.63, 3.8) is 0 Å². The van der Waals surface area contributed by atoms with E-state index < -0.39 is 24.1 Å². The standard InChI is InChI=1S/C10H9NO6/c12-8(13)7(9(14)15)11(10(16)17)6-4-2-1-3-5-6/h1-5,7H,(H,12,13)(H,14,15)(H,16,17). The van der Waals surface area contributed by atoms with Crippen LogP contribution in [0.2, 0.25) is 0 Å². The Hall–Kier alpha value is -2.57. The molecule has 0 atom stereocenters. The van der Waals surface area contributed by atoms with Crippen LogP contribution < -0.4 is 4.90 Å². The molecule has 90 valence electrons. The quantitative estimate of drug-likeness (QED) is 0.666. The molecule has 1 aromatic carbocycles. The molecule has 0 heterocycles. The zero-order valence-electron chi connectivity index (χ0n) is 8.48. The fraction of sp³-hybridized carbons (Fsp3) is 0.100. The summed E-state index contributed by atoms with van der Waals surface area (Å²) >= 11 is 0. The number of rotatable bonds is 4. The lowest BCUT2D eigenvalue weighted by Crippen LogP contribution is -2.49. The highest BCUT2D eigenvalue weighted by Gasteiger charge is 2.37. The van der Waals surface area contributed by atoms with Gasteiger partial charge in [0.2, 0.25) is 6.04 Å². The maximum Gasteiger partial charge on any atom is 0.413 e. The number of carbonyl (C=O) groups is 3. The van der Waals surface area contributed by atoms with Crippen molar-refractivity contribution < 1.29 is 29.7 Å². The van der Waals surface area contributed by atoms with E-state index in [-0.39, 0.29) is 10.6 Å². The third-order valence-electron chi connectivity index (χ3n) is 1.97. The molecule has 0 saturated heterocycles. The molecule has 0 aliphatic rings. The monoisotopic (exact) mass is 239 g/mol. The van der Waals surface area contributed by atoms with E-state index in [9.17, 15) is 14.4 Å². The van der Waals surface area contributed by atoms with Gasteiger partial charge in [0.25, 0.3) is 0 Å². The molecular formula is C10H9NO6. The average molecular weight is 239 g/mol. The van der Waals surface area contributed by atoms with E-state index in [4.69, 9.17) is 15.3 Å². The summed E-state index contributed by atoms with van der Waals surface area (Å²) in [6.07, 6.45) is -1.65. The summed E-state index contributed by atoms with van der Waals surface area (Å²) in [4.78, 5) is 32.8. The summed E-state index contributed by atoms with van der Waals surface area (Å²) in [7, 11) is 0. The average Bonchev–Trinajstić information content (AvgIpc) is 2.25. The molecule has 0 aromatic heterocycles. The molecule has 1 aromatic rings. The number of carboxylic acid groups (broad SMARTS) is 3. The molecular weight excluding hydrogens is 230 g/mol. The van der Waals surface area contributed by atoms with E-state index in [1.165, 1.54) is 24.3 Å². The van der Waals surface area contributed by atoms with Crippen molar-refractivity contribution in [3.05, 3.63) is 30.3 Å². The van der Waals surface area contributed by atoms with Crippen LogP contribution in [0.3, 0.4) is 0 Å². The number of hydrogen-bond acceptors (Lipinski definition) is 3. The van der Waals surface area contributed by atoms with Gasteiger partial charge in [0.1, 0.15) is 0 Å². The van der Waals surface area contributed by atoms with Crippen molar-refractivity contribution in [1.29, 1.82) is 0 Å². The zero-order valence-corrected chi connectivity index (χ0v) is 8.48. The maximum absolute atomic E-state index is 10.9. The van der Waals surface area contributed by atoms with Gasteiger partial charge in [0.15, 0.2) is 0 Å². The summed E-state index contributed by atoms with van der Waals surface area (Å²) in [6.45, 7) is 0. The fourth-order valence-corrected chi connectivity index (χ4v) is 1.29. The van der Waals surface area contributed by atoms with E-state index in [0.29, 0.717) is 0 Å². The molecule has 0 aliphatic carbocycles. The minimum atomic E-state index is -2.17. The topological polar surface area (TPSA) is 115 Å². The van der Waals surface area contributed by atoms with Crippen LogP contribution in [0.25, 0.3) is 0 Å². The van der Waals surface area contributed by atoms with Crippen LogP contribution >= 0.6 is 0 Å². The molecule has 0 saturated carbocycles. The number of amides is 1. The maximum atomic E-state index is 10.9. The lowest BCUT2D eigenvalue weighted by Gasteiger charge is -2.22. The largest absolute Gasteiger partial charge is 0.479 e. The first kappa shape index (κ1) is 12.5. The predicted octanol–water partition coefficient (Wildman–Crippen LogP) is 0.709. The van der Waals surface area contributed by atoms with Gasteiger partial charge in [-0.25, -0.2) is 14.4 Å². The Kier molecular flexibility index (Phi) is 3.66. The number of aliphatic carboxylic acids is 2. The molecule has 0 aliphatic heterocycles. The highest BCUT2D eigenvalue weighted by Crippen LogP contribution is 2.17. The first-order chi connectivity index (χ1) is 7.95. The molecule has 7 heteroatoms. The number of para-hydroxylation sites is 1. The molecule has 0 radical (unpaired) electrons. The van der Waals surface area contributed by atoms with Gasteiger partial charge in [-0.2, -0.15) is 0 Å². The van der Waals surface area contributed by atoms with Crippen LogP contribution in [0.5, 0.6) is 0 Å². The molecule has 1 amide bonds. The second kappa shape index (κ2) is 4.97. The Labute approximate surface area is 95.5 Å². The Morgan fingerprint density at radius 2 is 1.41 bits per heavy atom. The molecule has 7 nitrogen and oxygen atoms in total. The Balaban J connectivity index is 3.22. The Morgan fingerprint density at radius 1 is 0.941 bits per heavy atom. The van der Waals surface area contributed by atoms with E-state index in [2.05, 4.69) is 0 Å². The third-order valence-corrected chi connectivity index (χ3v) is 1.97. The van der Waals surface area contributed by atoms with Gasteiger partial charge in [0.05, 0.1) is 0 Å². The third kappa shape index (κ3) is 2.71. The minimum absolute atomic E-state index is 0.0187. The van der Waals surface area contributed by atoms with Gasteiger partial charge < -0.3 is 15.3 Å². The van der Waals surface area contributed by atoms with Gasteiger partial charge in [0, 0.05) is 5.69 Å². The molecule has 0 spiro atoms. The zero-order chi connectivity index (χ0) is 13.0. The molecule has 0 unspecified atom stereocenters. The van der Waals surface area contributed by atoms with E-state index in [1.54, 1.807) is 6.07 Å². The minimum Gasteiger partial charge on any atom is -0.479 e. The van der Waals surface area contributed by atoms with Gasteiger partial charge in [-0.05, 0) is 12.1 Å². The molecule has 0 fully saturated rings. The second-order valence-corrected chi connectivity index (χ2v) is 3.07. The summed E-state index contributed by atoms with van der Waals surface area (Å²) in [5.41, 5.74) is -0.0187. The molecule has 3 N–H and O–H groups in total. The Morgan fingerprint density at radius 3 is 1.76 bits per heavy atom. The Bertz CT molecular complexity index is 429. The SMILES string of the molecule is O=C(O)C(C(=O)O)N(C(=O)O)c1ccccc1. The lowest BCUT2D eigenvalue weighted by molar-refractivity contribution is -0.149. The van der Waals surface area contributed by atoms with Crippen molar-refractivity contribution in [3.8, 4) is 0 Å². The smallest absolute Gasteiger partial charge is 0.413 e. The summed E-state index contributed by atoms with van der Waals surface area (Å²) < 4.78 is 0. The molecule has 1 rings (SSSR count). The van der Waals surface area contributed by atoms with E-state index in [1.807, 2.05) is 0 Å². The van der Waals surface area contributed by atoms with Crippen molar-refractivity contribution in [2.75, 3.05) is 4.90 Å². The van der Waals surface area contributed by atoms with Gasteiger partial charge >= 0.3 is 18.0 Å². The van der Waals surface area contributed by atoms with Crippen LogP contribution in [-0.2, 0) is 9.59 Å². The molecule has 17 heavy (non-hydrogen) atoms. The van der Waals surface area contributed by atoms with Gasteiger partial charge in [-0.15, -0.1) is 0 Å². The van der Waals surface area contributed by atoms with Crippen LogP contribution in [0.1, 0.15) is 0 Å². The fourth-order valence-electron chi connectivity index (χ4n) is 1.29. The van der Waals surface area contributed by atoms with Crippen LogP contribution in [0.15, 0.2) is 30.3 Å². The normalized spacial score (nSPS) is 9.94. The summed E-state index contributed by atoms with van der Waals surface area (Å²) in [5, 5.41) is 26.4. The summed E-state index contributed by atoms with van der Waals surface area (Å²) in [6, 6.07) is 5.01.